The predicted molar refractivity (Wildman–Crippen MR) is 56.4 cm³/mol. The van der Waals surface area contributed by atoms with E-state index in [2.05, 4.69) is 0 Å². The molecule has 2 rings (SSSR count). The molecule has 82 valence electrons. The summed E-state index contributed by atoms with van der Waals surface area (Å²) in [5.74, 6) is 0. The number of aliphatic hydroxyl groups is 2. The van der Waals surface area contributed by atoms with Crippen molar-refractivity contribution in [2.24, 2.45) is 0 Å². The lowest BCUT2D eigenvalue weighted by molar-refractivity contribution is -0.135. The average molecular weight is 208 g/mol. The van der Waals surface area contributed by atoms with Crippen molar-refractivity contribution in [2.75, 3.05) is 6.61 Å². The minimum atomic E-state index is -0.532. The van der Waals surface area contributed by atoms with Gasteiger partial charge in [-0.15, -0.1) is 0 Å². The molecule has 3 nitrogen and oxygen atoms in total. The molecule has 0 bridgehead atoms. The van der Waals surface area contributed by atoms with Crippen LogP contribution in [0.25, 0.3) is 0 Å². The topological polar surface area (TPSA) is 49.7 Å². The van der Waals surface area contributed by atoms with E-state index in [1.54, 1.807) is 0 Å². The second-order valence-electron chi connectivity index (χ2n) is 3.90. The molecule has 1 aliphatic rings. The Morgan fingerprint density at radius 3 is 2.60 bits per heavy atom. The van der Waals surface area contributed by atoms with Crippen LogP contribution in [0.4, 0.5) is 0 Å². The fraction of sp³-hybridized carbons (Fsp3) is 0.500. The van der Waals surface area contributed by atoms with Gasteiger partial charge in [-0.05, 0) is 18.4 Å². The van der Waals surface area contributed by atoms with Crippen LogP contribution < -0.4 is 0 Å². The largest absolute Gasteiger partial charge is 0.394 e. The molecule has 1 fully saturated rings. The van der Waals surface area contributed by atoms with Crippen molar-refractivity contribution >= 4 is 0 Å². The Labute approximate surface area is 89.3 Å². The molecule has 3 heteroatoms. The van der Waals surface area contributed by atoms with Gasteiger partial charge in [-0.3, -0.25) is 0 Å². The van der Waals surface area contributed by atoms with E-state index in [-0.39, 0.29) is 12.7 Å². The first-order valence-corrected chi connectivity index (χ1v) is 5.30. The summed E-state index contributed by atoms with van der Waals surface area (Å²) in [5.41, 5.74) is 1.11. The summed E-state index contributed by atoms with van der Waals surface area (Å²) in [5, 5.41) is 18.6. The third-order valence-corrected chi connectivity index (χ3v) is 2.84. The lowest BCUT2D eigenvalue weighted by atomic mass is 9.97. The van der Waals surface area contributed by atoms with Crippen molar-refractivity contribution in [3.05, 3.63) is 35.9 Å². The SMILES string of the molecule is OC[C@H]1O[C@@H](c2ccccc2)CC[C@@H]1O. The minimum absolute atomic E-state index is 0.00625. The van der Waals surface area contributed by atoms with Gasteiger partial charge in [0.2, 0.25) is 0 Å². The number of benzene rings is 1. The summed E-state index contributed by atoms with van der Waals surface area (Å²) in [6, 6.07) is 9.92. The Morgan fingerprint density at radius 1 is 1.20 bits per heavy atom. The van der Waals surface area contributed by atoms with Crippen molar-refractivity contribution in [3.8, 4) is 0 Å². The zero-order valence-electron chi connectivity index (χ0n) is 8.54. The zero-order chi connectivity index (χ0) is 10.7. The zero-order valence-corrected chi connectivity index (χ0v) is 8.54. The third kappa shape index (κ3) is 2.37. The lowest BCUT2D eigenvalue weighted by Gasteiger charge is -2.33. The maximum atomic E-state index is 9.55. The van der Waals surface area contributed by atoms with Crippen LogP contribution in [0.1, 0.15) is 24.5 Å². The number of ether oxygens (including phenoxy) is 1. The van der Waals surface area contributed by atoms with Crippen LogP contribution in [0.2, 0.25) is 0 Å². The lowest BCUT2D eigenvalue weighted by Crippen LogP contribution is -2.38. The number of rotatable bonds is 2. The molecule has 0 aliphatic carbocycles. The van der Waals surface area contributed by atoms with E-state index in [4.69, 9.17) is 9.84 Å². The first-order valence-electron chi connectivity index (χ1n) is 5.30. The normalized spacial score (nSPS) is 31.5. The maximum Gasteiger partial charge on any atom is 0.107 e. The van der Waals surface area contributed by atoms with E-state index in [9.17, 15) is 5.11 Å². The highest BCUT2D eigenvalue weighted by Gasteiger charge is 2.29. The highest BCUT2D eigenvalue weighted by Crippen LogP contribution is 2.30. The van der Waals surface area contributed by atoms with E-state index in [1.165, 1.54) is 0 Å². The molecular weight excluding hydrogens is 192 g/mol. The summed E-state index contributed by atoms with van der Waals surface area (Å²) in [7, 11) is 0. The molecule has 0 saturated carbocycles. The van der Waals surface area contributed by atoms with E-state index in [0.29, 0.717) is 6.42 Å². The van der Waals surface area contributed by atoms with Gasteiger partial charge in [-0.1, -0.05) is 30.3 Å². The van der Waals surface area contributed by atoms with Gasteiger partial charge in [-0.25, -0.2) is 0 Å². The Bertz CT molecular complexity index is 299. The molecular formula is C12H16O3. The average Bonchev–Trinajstić information content (AvgIpc) is 2.31. The van der Waals surface area contributed by atoms with Crippen LogP contribution in [0.3, 0.4) is 0 Å². The molecule has 1 saturated heterocycles. The monoisotopic (exact) mass is 208 g/mol. The Hall–Kier alpha value is -0.900. The molecule has 3 atom stereocenters. The molecule has 1 heterocycles. The van der Waals surface area contributed by atoms with Gasteiger partial charge in [0.15, 0.2) is 0 Å². The highest BCUT2D eigenvalue weighted by molar-refractivity contribution is 5.18. The highest BCUT2D eigenvalue weighted by atomic mass is 16.5. The molecule has 0 unspecified atom stereocenters. The van der Waals surface area contributed by atoms with Crippen LogP contribution in [0.15, 0.2) is 30.3 Å². The first kappa shape index (κ1) is 10.6. The van der Waals surface area contributed by atoms with E-state index >= 15 is 0 Å². The van der Waals surface area contributed by atoms with Gasteiger partial charge in [-0.2, -0.15) is 0 Å². The van der Waals surface area contributed by atoms with Crippen molar-refractivity contribution in [2.45, 2.75) is 31.2 Å². The van der Waals surface area contributed by atoms with Crippen molar-refractivity contribution in [1.29, 1.82) is 0 Å². The standard InChI is InChI=1S/C12H16O3/c13-8-12-10(14)6-7-11(15-12)9-4-2-1-3-5-9/h1-5,10-14H,6-8H2/t10-,11+,12+/m0/s1. The molecule has 15 heavy (non-hydrogen) atoms. The number of hydrogen-bond donors (Lipinski definition) is 2. The Balaban J connectivity index is 2.06. The fourth-order valence-corrected chi connectivity index (χ4v) is 1.96. The molecule has 1 aromatic carbocycles. The fourth-order valence-electron chi connectivity index (χ4n) is 1.96. The predicted octanol–water partition coefficient (Wildman–Crippen LogP) is 1.26. The van der Waals surface area contributed by atoms with Crippen molar-refractivity contribution in [1.82, 2.24) is 0 Å². The van der Waals surface area contributed by atoms with Crippen LogP contribution >= 0.6 is 0 Å². The number of hydrogen-bond acceptors (Lipinski definition) is 3. The summed E-state index contributed by atoms with van der Waals surface area (Å²) in [6.45, 7) is -0.121. The van der Waals surface area contributed by atoms with Crippen LogP contribution in [0, 0.1) is 0 Å². The van der Waals surface area contributed by atoms with E-state index < -0.39 is 12.2 Å². The first-order chi connectivity index (χ1) is 7.31. The molecule has 1 aliphatic heterocycles. The molecule has 0 radical (unpaired) electrons. The van der Waals surface area contributed by atoms with Gasteiger partial charge >= 0.3 is 0 Å². The summed E-state index contributed by atoms with van der Waals surface area (Å²) >= 11 is 0. The maximum absolute atomic E-state index is 9.55. The van der Waals surface area contributed by atoms with Crippen LogP contribution in [-0.4, -0.2) is 29.0 Å². The van der Waals surface area contributed by atoms with Gasteiger partial charge in [0.05, 0.1) is 18.8 Å². The Kier molecular flexibility index (Phi) is 3.36. The van der Waals surface area contributed by atoms with Crippen molar-refractivity contribution < 1.29 is 14.9 Å². The minimum Gasteiger partial charge on any atom is -0.394 e. The summed E-state index contributed by atoms with van der Waals surface area (Å²) < 4.78 is 5.63. The molecule has 2 N–H and O–H groups in total. The Morgan fingerprint density at radius 2 is 1.93 bits per heavy atom. The smallest absolute Gasteiger partial charge is 0.107 e. The second-order valence-corrected chi connectivity index (χ2v) is 3.90. The van der Waals surface area contributed by atoms with E-state index in [1.807, 2.05) is 30.3 Å². The molecule has 0 aromatic heterocycles. The van der Waals surface area contributed by atoms with Crippen LogP contribution in [-0.2, 0) is 4.74 Å². The second kappa shape index (κ2) is 4.75. The molecule has 0 spiro atoms. The van der Waals surface area contributed by atoms with Gasteiger partial charge < -0.3 is 14.9 Å². The van der Waals surface area contributed by atoms with Gasteiger partial charge in [0.25, 0.3) is 0 Å². The van der Waals surface area contributed by atoms with E-state index in [0.717, 1.165) is 12.0 Å². The summed E-state index contributed by atoms with van der Waals surface area (Å²) in [4.78, 5) is 0. The van der Waals surface area contributed by atoms with Crippen LogP contribution in [0.5, 0.6) is 0 Å². The molecule has 1 aromatic rings. The van der Waals surface area contributed by atoms with Gasteiger partial charge in [0, 0.05) is 0 Å². The summed E-state index contributed by atoms with van der Waals surface area (Å²) in [6.07, 6.45) is 0.526. The van der Waals surface area contributed by atoms with Gasteiger partial charge in [0.1, 0.15) is 6.10 Å². The third-order valence-electron chi connectivity index (χ3n) is 2.84. The number of aliphatic hydroxyl groups excluding tert-OH is 2. The quantitative estimate of drug-likeness (QED) is 0.769. The molecule has 0 amide bonds. The van der Waals surface area contributed by atoms with Crippen molar-refractivity contribution in [3.63, 3.8) is 0 Å².